The van der Waals surface area contributed by atoms with Crippen molar-refractivity contribution in [3.63, 3.8) is 0 Å². The second-order valence-electron chi connectivity index (χ2n) is 5.65. The maximum absolute atomic E-state index is 12.3. The van der Waals surface area contributed by atoms with Gasteiger partial charge < -0.3 is 10.1 Å². The molecule has 0 spiro atoms. The summed E-state index contributed by atoms with van der Waals surface area (Å²) in [6, 6.07) is 13.9. The van der Waals surface area contributed by atoms with E-state index in [1.54, 1.807) is 55.6 Å². The quantitative estimate of drug-likeness (QED) is 0.701. The number of nitrogens with zero attached hydrogens (tertiary/aromatic N) is 2. The van der Waals surface area contributed by atoms with Crippen molar-refractivity contribution in [1.29, 1.82) is 0 Å². The molecule has 0 bridgehead atoms. The number of carbonyl (C=O) groups excluding carboxylic acids is 1. The molecular formula is C19H15Cl2N3O3. The number of rotatable bonds is 5. The van der Waals surface area contributed by atoms with Gasteiger partial charge in [-0.15, -0.1) is 0 Å². The predicted molar refractivity (Wildman–Crippen MR) is 105 cm³/mol. The monoisotopic (exact) mass is 403 g/mol. The lowest BCUT2D eigenvalue weighted by Gasteiger charge is -2.08. The van der Waals surface area contributed by atoms with Gasteiger partial charge in [0.05, 0.1) is 24.9 Å². The van der Waals surface area contributed by atoms with E-state index in [9.17, 15) is 9.59 Å². The molecule has 0 aliphatic carbocycles. The van der Waals surface area contributed by atoms with Crippen molar-refractivity contribution in [3.05, 3.63) is 86.3 Å². The minimum atomic E-state index is -0.467. The van der Waals surface area contributed by atoms with Gasteiger partial charge in [0, 0.05) is 11.3 Å². The molecule has 0 unspecified atom stereocenters. The molecule has 0 fully saturated rings. The fourth-order valence-electron chi connectivity index (χ4n) is 2.37. The van der Waals surface area contributed by atoms with Gasteiger partial charge in [0.1, 0.15) is 10.8 Å². The van der Waals surface area contributed by atoms with E-state index in [0.29, 0.717) is 17.0 Å². The van der Waals surface area contributed by atoms with Crippen LogP contribution < -0.4 is 15.6 Å². The van der Waals surface area contributed by atoms with Crippen LogP contribution in [0, 0.1) is 0 Å². The Bertz CT molecular complexity index is 1020. The first-order chi connectivity index (χ1) is 13.0. The molecule has 1 aromatic heterocycles. The van der Waals surface area contributed by atoms with E-state index in [0.717, 1.165) is 5.56 Å². The average molecular weight is 404 g/mol. The number of nitrogens with one attached hydrogen (secondary N) is 1. The minimum absolute atomic E-state index is 0.0674. The van der Waals surface area contributed by atoms with Crippen LogP contribution in [-0.2, 0) is 6.54 Å². The molecule has 6 nitrogen and oxygen atoms in total. The van der Waals surface area contributed by atoms with E-state index in [-0.39, 0.29) is 22.5 Å². The Hall–Kier alpha value is -2.83. The lowest BCUT2D eigenvalue weighted by Crippen LogP contribution is -2.23. The Morgan fingerprint density at radius 2 is 1.78 bits per heavy atom. The van der Waals surface area contributed by atoms with Crippen molar-refractivity contribution in [2.24, 2.45) is 0 Å². The number of carbonyl (C=O) groups is 1. The SMILES string of the molecule is COc1ccc(NC(=O)c2ccc(Cn3ncc(Cl)c(Cl)c3=O)cc2)cc1. The summed E-state index contributed by atoms with van der Waals surface area (Å²) in [5.74, 6) is 0.472. The number of amides is 1. The summed E-state index contributed by atoms with van der Waals surface area (Å²) in [5.41, 5.74) is 1.48. The number of aromatic nitrogens is 2. The Labute approximate surface area is 165 Å². The molecule has 8 heteroatoms. The maximum atomic E-state index is 12.3. The highest BCUT2D eigenvalue weighted by Gasteiger charge is 2.09. The summed E-state index contributed by atoms with van der Waals surface area (Å²) in [4.78, 5) is 24.4. The molecule has 0 saturated carbocycles. The van der Waals surface area contributed by atoms with Gasteiger partial charge in [-0.05, 0) is 42.0 Å². The molecule has 0 saturated heterocycles. The highest BCUT2D eigenvalue weighted by atomic mass is 35.5. The van der Waals surface area contributed by atoms with Crippen LogP contribution in [0.2, 0.25) is 10.0 Å². The zero-order valence-electron chi connectivity index (χ0n) is 14.3. The number of hydrogen-bond donors (Lipinski definition) is 1. The van der Waals surface area contributed by atoms with Crippen LogP contribution in [-0.4, -0.2) is 22.8 Å². The van der Waals surface area contributed by atoms with E-state index in [1.807, 2.05) is 0 Å². The van der Waals surface area contributed by atoms with Crippen molar-refractivity contribution >= 4 is 34.8 Å². The zero-order chi connectivity index (χ0) is 19.4. The molecule has 0 radical (unpaired) electrons. The summed E-state index contributed by atoms with van der Waals surface area (Å²) in [5, 5.41) is 6.81. The van der Waals surface area contributed by atoms with Crippen molar-refractivity contribution in [2.45, 2.75) is 6.54 Å². The van der Waals surface area contributed by atoms with Gasteiger partial charge in [-0.2, -0.15) is 5.10 Å². The Kier molecular flexibility index (Phi) is 5.78. The van der Waals surface area contributed by atoms with E-state index in [1.165, 1.54) is 10.9 Å². The maximum Gasteiger partial charge on any atom is 0.287 e. The minimum Gasteiger partial charge on any atom is -0.497 e. The zero-order valence-corrected chi connectivity index (χ0v) is 15.8. The largest absolute Gasteiger partial charge is 0.497 e. The average Bonchev–Trinajstić information content (AvgIpc) is 2.69. The standard InChI is InChI=1S/C19H15Cl2N3O3/c1-27-15-8-6-14(7-9-15)23-18(25)13-4-2-12(3-5-13)11-24-19(26)17(21)16(20)10-22-24/h2-10H,11H2,1H3,(H,23,25). The van der Waals surface area contributed by atoms with Crippen molar-refractivity contribution in [2.75, 3.05) is 12.4 Å². The van der Waals surface area contributed by atoms with Gasteiger partial charge in [-0.3, -0.25) is 9.59 Å². The molecule has 0 aliphatic rings. The number of ether oxygens (including phenoxy) is 1. The van der Waals surface area contributed by atoms with Crippen LogP contribution in [0.25, 0.3) is 0 Å². The predicted octanol–water partition coefficient (Wildman–Crippen LogP) is 3.86. The molecule has 138 valence electrons. The molecule has 0 aliphatic heterocycles. The van der Waals surface area contributed by atoms with Gasteiger partial charge in [-0.25, -0.2) is 4.68 Å². The molecular weight excluding hydrogens is 389 g/mol. The van der Waals surface area contributed by atoms with Crippen LogP contribution in [0.15, 0.2) is 59.5 Å². The van der Waals surface area contributed by atoms with Gasteiger partial charge in [0.15, 0.2) is 0 Å². The normalized spacial score (nSPS) is 10.5. The topological polar surface area (TPSA) is 73.2 Å². The fraction of sp³-hybridized carbons (Fsp3) is 0.105. The van der Waals surface area contributed by atoms with Crippen LogP contribution in [0.3, 0.4) is 0 Å². The molecule has 27 heavy (non-hydrogen) atoms. The van der Waals surface area contributed by atoms with Gasteiger partial charge >= 0.3 is 0 Å². The molecule has 1 amide bonds. The number of benzene rings is 2. The van der Waals surface area contributed by atoms with Crippen LogP contribution in [0.5, 0.6) is 5.75 Å². The molecule has 1 N–H and O–H groups in total. The smallest absolute Gasteiger partial charge is 0.287 e. The third kappa shape index (κ3) is 4.48. The van der Waals surface area contributed by atoms with E-state index in [2.05, 4.69) is 10.4 Å². The number of hydrogen-bond acceptors (Lipinski definition) is 4. The third-order valence-electron chi connectivity index (χ3n) is 3.84. The van der Waals surface area contributed by atoms with E-state index >= 15 is 0 Å². The van der Waals surface area contributed by atoms with Gasteiger partial charge in [0.25, 0.3) is 11.5 Å². The number of methoxy groups -OCH3 is 1. The van der Waals surface area contributed by atoms with Crippen molar-refractivity contribution < 1.29 is 9.53 Å². The summed E-state index contributed by atoms with van der Waals surface area (Å²) in [7, 11) is 1.58. The highest BCUT2D eigenvalue weighted by Crippen LogP contribution is 2.17. The van der Waals surface area contributed by atoms with Gasteiger partial charge in [0.2, 0.25) is 0 Å². The number of anilines is 1. The molecule has 3 aromatic rings. The summed E-state index contributed by atoms with van der Waals surface area (Å²) >= 11 is 11.6. The lowest BCUT2D eigenvalue weighted by atomic mass is 10.1. The first kappa shape index (κ1) is 18.9. The van der Waals surface area contributed by atoms with Crippen molar-refractivity contribution in [3.8, 4) is 5.75 Å². The molecule has 0 atom stereocenters. The molecule has 3 rings (SSSR count). The number of halogens is 2. The van der Waals surface area contributed by atoms with E-state index in [4.69, 9.17) is 27.9 Å². The second-order valence-corrected chi connectivity index (χ2v) is 6.43. The summed E-state index contributed by atoms with van der Waals surface area (Å²) in [6.07, 6.45) is 1.32. The lowest BCUT2D eigenvalue weighted by molar-refractivity contribution is 0.102. The van der Waals surface area contributed by atoms with Crippen LogP contribution >= 0.6 is 23.2 Å². The first-order valence-electron chi connectivity index (χ1n) is 7.93. The summed E-state index contributed by atoms with van der Waals surface area (Å²) in [6.45, 7) is 0.218. The Morgan fingerprint density at radius 1 is 1.11 bits per heavy atom. The third-order valence-corrected chi connectivity index (χ3v) is 4.59. The van der Waals surface area contributed by atoms with Crippen LogP contribution in [0.1, 0.15) is 15.9 Å². The van der Waals surface area contributed by atoms with Gasteiger partial charge in [-0.1, -0.05) is 35.3 Å². The Balaban J connectivity index is 1.70. The van der Waals surface area contributed by atoms with E-state index < -0.39 is 5.56 Å². The second kappa shape index (κ2) is 8.24. The molecule has 2 aromatic carbocycles. The van der Waals surface area contributed by atoms with Crippen LogP contribution in [0.4, 0.5) is 5.69 Å². The Morgan fingerprint density at radius 3 is 2.41 bits per heavy atom. The fourth-order valence-corrected chi connectivity index (χ4v) is 2.64. The first-order valence-corrected chi connectivity index (χ1v) is 8.69. The highest BCUT2D eigenvalue weighted by molar-refractivity contribution is 6.41. The molecule has 1 heterocycles. The summed E-state index contributed by atoms with van der Waals surface area (Å²) < 4.78 is 6.29. The van der Waals surface area contributed by atoms with Crippen molar-refractivity contribution in [1.82, 2.24) is 9.78 Å².